The van der Waals surface area contributed by atoms with E-state index in [9.17, 15) is 0 Å². The summed E-state index contributed by atoms with van der Waals surface area (Å²) in [6.07, 6.45) is 7.78. The molecule has 0 amide bonds. The predicted octanol–water partition coefficient (Wildman–Crippen LogP) is 2.92. The average Bonchev–Trinajstić information content (AvgIpc) is 2.93. The largest absolute Gasteiger partial charge is 0.313 e. The molecule has 0 aliphatic rings. The molecule has 0 spiro atoms. The number of pyridine rings is 1. The van der Waals surface area contributed by atoms with Crippen LogP contribution in [0.3, 0.4) is 0 Å². The highest BCUT2D eigenvalue weighted by Gasteiger charge is 2.15. The maximum atomic E-state index is 4.64. The highest BCUT2D eigenvalue weighted by atomic mass is 15.3. The lowest BCUT2D eigenvalue weighted by Crippen LogP contribution is -2.20. The zero-order valence-corrected chi connectivity index (χ0v) is 12.8. The molecule has 108 valence electrons. The van der Waals surface area contributed by atoms with E-state index in [1.807, 2.05) is 24.1 Å². The van der Waals surface area contributed by atoms with Gasteiger partial charge < -0.3 is 5.32 Å². The fourth-order valence-electron chi connectivity index (χ4n) is 2.42. The molecule has 0 bridgehead atoms. The summed E-state index contributed by atoms with van der Waals surface area (Å²) in [5.74, 6) is 0. The van der Waals surface area contributed by atoms with E-state index >= 15 is 0 Å². The van der Waals surface area contributed by atoms with Gasteiger partial charge in [-0.15, -0.1) is 0 Å². The van der Waals surface area contributed by atoms with Crippen molar-refractivity contribution in [2.45, 2.75) is 45.7 Å². The van der Waals surface area contributed by atoms with Crippen molar-refractivity contribution in [1.82, 2.24) is 20.1 Å². The van der Waals surface area contributed by atoms with Crippen molar-refractivity contribution in [2.24, 2.45) is 0 Å². The van der Waals surface area contributed by atoms with E-state index in [2.05, 4.69) is 54.5 Å². The third kappa shape index (κ3) is 3.25. The van der Waals surface area contributed by atoms with Gasteiger partial charge in [-0.1, -0.05) is 6.92 Å². The van der Waals surface area contributed by atoms with E-state index in [-0.39, 0.29) is 6.04 Å². The van der Waals surface area contributed by atoms with E-state index in [4.69, 9.17) is 0 Å². The first-order valence-electron chi connectivity index (χ1n) is 7.29. The van der Waals surface area contributed by atoms with Gasteiger partial charge in [0.15, 0.2) is 0 Å². The number of nitrogens with zero attached hydrogens (tertiary/aromatic N) is 3. The van der Waals surface area contributed by atoms with E-state index in [0.29, 0.717) is 6.04 Å². The van der Waals surface area contributed by atoms with Crippen LogP contribution in [0.2, 0.25) is 0 Å². The zero-order valence-electron chi connectivity index (χ0n) is 12.8. The van der Waals surface area contributed by atoms with Gasteiger partial charge in [-0.3, -0.25) is 9.67 Å². The molecule has 1 atom stereocenters. The van der Waals surface area contributed by atoms with Crippen molar-refractivity contribution in [1.29, 1.82) is 0 Å². The van der Waals surface area contributed by atoms with E-state index in [1.54, 1.807) is 0 Å². The minimum Gasteiger partial charge on any atom is -0.313 e. The summed E-state index contributed by atoms with van der Waals surface area (Å²) in [6.45, 7) is 6.45. The molecule has 2 aromatic heterocycles. The second kappa shape index (κ2) is 6.66. The Kier molecular flexibility index (Phi) is 4.90. The Morgan fingerprint density at radius 3 is 2.70 bits per heavy atom. The lowest BCUT2D eigenvalue weighted by Gasteiger charge is -2.18. The fraction of sp³-hybridized carbons (Fsp3) is 0.500. The van der Waals surface area contributed by atoms with Gasteiger partial charge in [0.2, 0.25) is 0 Å². The van der Waals surface area contributed by atoms with Crippen LogP contribution in [0.5, 0.6) is 0 Å². The van der Waals surface area contributed by atoms with Crippen LogP contribution in [0, 0.1) is 0 Å². The standard InChI is InChI=1S/C16H24N4/c1-5-13-11-18-8-6-15(13)16(17-4)10-14-7-9-20(19-14)12(2)3/h6-9,11-12,16-17H,5,10H2,1-4H3. The normalized spacial score (nSPS) is 12.8. The second-order valence-electron chi connectivity index (χ2n) is 5.35. The van der Waals surface area contributed by atoms with Crippen molar-refractivity contribution < 1.29 is 0 Å². The van der Waals surface area contributed by atoms with Gasteiger partial charge in [-0.25, -0.2) is 0 Å². The van der Waals surface area contributed by atoms with Crippen molar-refractivity contribution >= 4 is 0 Å². The lowest BCUT2D eigenvalue weighted by molar-refractivity contribution is 0.514. The molecule has 2 rings (SSSR count). The number of rotatable bonds is 6. The summed E-state index contributed by atoms with van der Waals surface area (Å²) in [6, 6.07) is 4.91. The van der Waals surface area contributed by atoms with Gasteiger partial charge in [-0.05, 0) is 50.6 Å². The monoisotopic (exact) mass is 272 g/mol. The van der Waals surface area contributed by atoms with Gasteiger partial charge in [0.25, 0.3) is 0 Å². The summed E-state index contributed by atoms with van der Waals surface area (Å²) in [4.78, 5) is 4.22. The van der Waals surface area contributed by atoms with Crippen LogP contribution >= 0.6 is 0 Å². The number of nitrogens with one attached hydrogen (secondary N) is 1. The molecule has 0 aromatic carbocycles. The minimum atomic E-state index is 0.281. The van der Waals surface area contributed by atoms with Crippen molar-refractivity contribution in [2.75, 3.05) is 7.05 Å². The van der Waals surface area contributed by atoms with Gasteiger partial charge in [0.05, 0.1) is 5.69 Å². The minimum absolute atomic E-state index is 0.281. The molecular formula is C16H24N4. The van der Waals surface area contributed by atoms with Gasteiger partial charge in [0.1, 0.15) is 0 Å². The number of likely N-dealkylation sites (N-methyl/N-ethyl adjacent to an activating group) is 1. The number of aromatic nitrogens is 3. The number of aryl methyl sites for hydroxylation is 1. The third-order valence-corrected chi connectivity index (χ3v) is 3.65. The van der Waals surface area contributed by atoms with Crippen molar-refractivity contribution in [3.8, 4) is 0 Å². The molecule has 1 unspecified atom stereocenters. The Labute approximate surface area is 121 Å². The molecule has 0 radical (unpaired) electrons. The van der Waals surface area contributed by atoms with E-state index in [1.165, 1.54) is 11.1 Å². The summed E-state index contributed by atoms with van der Waals surface area (Å²) in [5, 5.41) is 8.04. The summed E-state index contributed by atoms with van der Waals surface area (Å²) in [5.41, 5.74) is 3.75. The first-order chi connectivity index (χ1) is 9.65. The zero-order chi connectivity index (χ0) is 14.5. The molecule has 0 saturated heterocycles. The predicted molar refractivity (Wildman–Crippen MR) is 81.7 cm³/mol. The molecule has 4 heteroatoms. The molecule has 0 fully saturated rings. The lowest BCUT2D eigenvalue weighted by atomic mass is 9.97. The average molecular weight is 272 g/mol. The second-order valence-corrected chi connectivity index (χ2v) is 5.35. The molecule has 0 aliphatic heterocycles. The molecule has 2 heterocycles. The molecule has 0 saturated carbocycles. The van der Waals surface area contributed by atoms with Crippen molar-refractivity contribution in [3.63, 3.8) is 0 Å². The molecular weight excluding hydrogens is 248 g/mol. The van der Waals surface area contributed by atoms with Gasteiger partial charge in [0, 0.05) is 37.1 Å². The van der Waals surface area contributed by atoms with Crippen molar-refractivity contribution in [3.05, 3.63) is 47.5 Å². The highest BCUT2D eigenvalue weighted by Crippen LogP contribution is 2.21. The summed E-state index contributed by atoms with van der Waals surface area (Å²) in [7, 11) is 2.00. The summed E-state index contributed by atoms with van der Waals surface area (Å²) >= 11 is 0. The molecule has 1 N–H and O–H groups in total. The maximum absolute atomic E-state index is 4.64. The van der Waals surface area contributed by atoms with Crippen LogP contribution in [0.1, 0.15) is 49.7 Å². The molecule has 20 heavy (non-hydrogen) atoms. The topological polar surface area (TPSA) is 42.7 Å². The first kappa shape index (κ1) is 14.7. The van der Waals surface area contributed by atoms with Crippen LogP contribution in [0.15, 0.2) is 30.7 Å². The maximum Gasteiger partial charge on any atom is 0.0643 e. The smallest absolute Gasteiger partial charge is 0.0643 e. The van der Waals surface area contributed by atoms with Crippen LogP contribution in [0.4, 0.5) is 0 Å². The molecule has 0 aliphatic carbocycles. The van der Waals surface area contributed by atoms with Crippen LogP contribution in [0.25, 0.3) is 0 Å². The molecule has 2 aromatic rings. The van der Waals surface area contributed by atoms with Crippen LogP contribution in [-0.2, 0) is 12.8 Å². The van der Waals surface area contributed by atoms with E-state index < -0.39 is 0 Å². The Balaban J connectivity index is 2.19. The number of hydrogen-bond acceptors (Lipinski definition) is 3. The fourth-order valence-corrected chi connectivity index (χ4v) is 2.42. The Hall–Kier alpha value is -1.68. The SMILES string of the molecule is CCc1cnccc1C(Cc1ccn(C(C)C)n1)NC. The highest BCUT2D eigenvalue weighted by molar-refractivity contribution is 5.28. The third-order valence-electron chi connectivity index (χ3n) is 3.65. The summed E-state index contributed by atoms with van der Waals surface area (Å²) < 4.78 is 2.01. The number of hydrogen-bond donors (Lipinski definition) is 1. The van der Waals surface area contributed by atoms with Gasteiger partial charge >= 0.3 is 0 Å². The van der Waals surface area contributed by atoms with E-state index in [0.717, 1.165) is 18.5 Å². The Morgan fingerprint density at radius 1 is 1.30 bits per heavy atom. The van der Waals surface area contributed by atoms with Gasteiger partial charge in [-0.2, -0.15) is 5.10 Å². The first-order valence-corrected chi connectivity index (χ1v) is 7.29. The quantitative estimate of drug-likeness (QED) is 0.879. The molecule has 4 nitrogen and oxygen atoms in total. The van der Waals surface area contributed by atoms with Crippen LogP contribution in [-0.4, -0.2) is 21.8 Å². The Morgan fingerprint density at radius 2 is 2.10 bits per heavy atom. The van der Waals surface area contributed by atoms with Crippen LogP contribution < -0.4 is 5.32 Å². The Bertz CT molecular complexity index is 545.